The van der Waals surface area contributed by atoms with Crippen molar-refractivity contribution in [2.45, 2.75) is 84.3 Å². The van der Waals surface area contributed by atoms with E-state index in [0.717, 1.165) is 24.4 Å². The molecule has 2 amide bonds. The summed E-state index contributed by atoms with van der Waals surface area (Å²) in [6, 6.07) is 10.1. The van der Waals surface area contributed by atoms with Crippen LogP contribution < -0.4 is 5.32 Å². The van der Waals surface area contributed by atoms with Gasteiger partial charge in [0.05, 0.1) is 12.7 Å². The second-order valence-electron chi connectivity index (χ2n) is 10.3. The Morgan fingerprint density at radius 3 is 2.45 bits per heavy atom. The van der Waals surface area contributed by atoms with E-state index in [2.05, 4.69) is 26.1 Å². The van der Waals surface area contributed by atoms with Gasteiger partial charge in [0, 0.05) is 18.3 Å². The highest BCUT2D eigenvalue weighted by Gasteiger charge is 2.61. The quantitative estimate of drug-likeness (QED) is 0.630. The monoisotopic (exact) mass is 398 g/mol. The second-order valence-corrected chi connectivity index (χ2v) is 10.3. The zero-order chi connectivity index (χ0) is 20.5. The SMILES string of the molecule is CC1(C)[C@H]2CC[C@]1(C)[C@H](OCCN(C(=O)Nc1ccccc1)C1CCCCC1)C2. The van der Waals surface area contributed by atoms with Gasteiger partial charge in [0.25, 0.3) is 0 Å². The van der Waals surface area contributed by atoms with Gasteiger partial charge in [0.1, 0.15) is 0 Å². The minimum absolute atomic E-state index is 0.0196. The summed E-state index contributed by atoms with van der Waals surface area (Å²) in [5.74, 6) is 0.785. The topological polar surface area (TPSA) is 41.6 Å². The van der Waals surface area contributed by atoms with Crippen molar-refractivity contribution in [3.63, 3.8) is 0 Å². The van der Waals surface area contributed by atoms with Gasteiger partial charge in [-0.3, -0.25) is 0 Å². The van der Waals surface area contributed by atoms with Gasteiger partial charge in [-0.1, -0.05) is 58.2 Å². The molecule has 3 aliphatic rings. The summed E-state index contributed by atoms with van der Waals surface area (Å²) in [4.78, 5) is 15.1. The summed E-state index contributed by atoms with van der Waals surface area (Å²) < 4.78 is 6.48. The fourth-order valence-electron chi connectivity index (χ4n) is 6.24. The number of nitrogens with one attached hydrogen (secondary N) is 1. The van der Waals surface area contributed by atoms with E-state index in [4.69, 9.17) is 4.74 Å². The number of hydrogen-bond donors (Lipinski definition) is 1. The molecule has 4 heteroatoms. The van der Waals surface area contributed by atoms with Crippen LogP contribution in [0.1, 0.15) is 72.1 Å². The summed E-state index contributed by atoms with van der Waals surface area (Å²) in [7, 11) is 0. The number of urea groups is 1. The summed E-state index contributed by atoms with van der Waals surface area (Å²) in [5, 5.41) is 3.10. The van der Waals surface area contributed by atoms with Gasteiger partial charge in [-0.25, -0.2) is 4.79 Å². The molecule has 3 fully saturated rings. The Bertz CT molecular complexity index is 698. The van der Waals surface area contributed by atoms with Crippen LogP contribution in [-0.4, -0.2) is 36.2 Å². The number of para-hydroxylation sites is 1. The number of anilines is 1. The Morgan fingerprint density at radius 2 is 1.83 bits per heavy atom. The molecule has 2 bridgehead atoms. The van der Waals surface area contributed by atoms with Gasteiger partial charge in [0.15, 0.2) is 0 Å². The molecule has 1 N–H and O–H groups in total. The molecular formula is C25H38N2O2. The minimum Gasteiger partial charge on any atom is -0.376 e. The van der Waals surface area contributed by atoms with Crippen molar-refractivity contribution in [1.29, 1.82) is 0 Å². The maximum absolute atomic E-state index is 13.1. The third kappa shape index (κ3) is 3.93. The van der Waals surface area contributed by atoms with E-state index >= 15 is 0 Å². The third-order valence-corrected chi connectivity index (χ3v) is 8.67. The van der Waals surface area contributed by atoms with E-state index in [-0.39, 0.29) is 11.4 Å². The molecular weight excluding hydrogens is 360 g/mol. The van der Waals surface area contributed by atoms with Crippen LogP contribution in [0.2, 0.25) is 0 Å². The van der Waals surface area contributed by atoms with Gasteiger partial charge in [-0.05, 0) is 61.0 Å². The maximum atomic E-state index is 13.1. The van der Waals surface area contributed by atoms with Crippen LogP contribution >= 0.6 is 0 Å². The molecule has 1 aromatic carbocycles. The molecule has 3 aliphatic carbocycles. The molecule has 4 rings (SSSR count). The highest BCUT2D eigenvalue weighted by molar-refractivity contribution is 5.89. The van der Waals surface area contributed by atoms with E-state index < -0.39 is 0 Å². The van der Waals surface area contributed by atoms with E-state index in [9.17, 15) is 4.79 Å². The van der Waals surface area contributed by atoms with Gasteiger partial charge in [0.2, 0.25) is 0 Å². The van der Waals surface area contributed by atoms with Gasteiger partial charge in [-0.15, -0.1) is 0 Å². The van der Waals surface area contributed by atoms with Crippen molar-refractivity contribution in [2.75, 3.05) is 18.5 Å². The van der Waals surface area contributed by atoms with Crippen molar-refractivity contribution in [3.8, 4) is 0 Å². The van der Waals surface area contributed by atoms with Crippen LogP contribution in [0.3, 0.4) is 0 Å². The molecule has 3 saturated carbocycles. The lowest BCUT2D eigenvalue weighted by atomic mass is 9.70. The Hall–Kier alpha value is -1.55. The van der Waals surface area contributed by atoms with Crippen LogP contribution in [0, 0.1) is 16.7 Å². The highest BCUT2D eigenvalue weighted by atomic mass is 16.5. The Labute approximate surface area is 176 Å². The maximum Gasteiger partial charge on any atom is 0.322 e. The zero-order valence-electron chi connectivity index (χ0n) is 18.5. The number of fused-ring (bicyclic) bond motifs is 2. The molecule has 0 aromatic heterocycles. The van der Waals surface area contributed by atoms with Crippen LogP contribution in [0.5, 0.6) is 0 Å². The normalized spacial score (nSPS) is 31.0. The number of carbonyl (C=O) groups excluding carboxylic acids is 1. The molecule has 160 valence electrons. The molecule has 0 unspecified atom stereocenters. The molecule has 0 spiro atoms. The van der Waals surface area contributed by atoms with Gasteiger partial charge >= 0.3 is 6.03 Å². The van der Waals surface area contributed by atoms with E-state index in [0.29, 0.717) is 30.7 Å². The molecule has 0 saturated heterocycles. The van der Waals surface area contributed by atoms with Crippen LogP contribution in [0.4, 0.5) is 10.5 Å². The van der Waals surface area contributed by atoms with Crippen molar-refractivity contribution < 1.29 is 9.53 Å². The lowest BCUT2D eigenvalue weighted by Gasteiger charge is -2.39. The zero-order valence-corrected chi connectivity index (χ0v) is 18.5. The molecule has 0 heterocycles. The number of carbonyl (C=O) groups is 1. The van der Waals surface area contributed by atoms with Crippen molar-refractivity contribution in [3.05, 3.63) is 30.3 Å². The van der Waals surface area contributed by atoms with E-state index in [1.807, 2.05) is 35.2 Å². The van der Waals surface area contributed by atoms with Crippen molar-refractivity contribution in [1.82, 2.24) is 4.90 Å². The first-order valence-corrected chi connectivity index (χ1v) is 11.7. The van der Waals surface area contributed by atoms with Crippen LogP contribution in [-0.2, 0) is 4.74 Å². The Balaban J connectivity index is 1.37. The first-order chi connectivity index (χ1) is 13.9. The second kappa shape index (κ2) is 8.29. The first-order valence-electron chi connectivity index (χ1n) is 11.7. The molecule has 4 nitrogen and oxygen atoms in total. The van der Waals surface area contributed by atoms with E-state index in [1.165, 1.54) is 38.5 Å². The van der Waals surface area contributed by atoms with Crippen molar-refractivity contribution in [2.24, 2.45) is 16.7 Å². The Kier molecular flexibility index (Phi) is 5.92. The average molecular weight is 399 g/mol. The van der Waals surface area contributed by atoms with Crippen LogP contribution in [0.25, 0.3) is 0 Å². The fourth-order valence-corrected chi connectivity index (χ4v) is 6.24. The lowest BCUT2D eigenvalue weighted by molar-refractivity contribution is -0.0517. The third-order valence-electron chi connectivity index (χ3n) is 8.67. The summed E-state index contributed by atoms with van der Waals surface area (Å²) >= 11 is 0. The predicted octanol–water partition coefficient (Wildman–Crippen LogP) is 6.08. The predicted molar refractivity (Wildman–Crippen MR) is 118 cm³/mol. The van der Waals surface area contributed by atoms with Gasteiger partial charge < -0.3 is 15.0 Å². The molecule has 3 atom stereocenters. The minimum atomic E-state index is 0.0196. The molecule has 0 radical (unpaired) electrons. The summed E-state index contributed by atoms with van der Waals surface area (Å²) in [6.45, 7) is 8.60. The van der Waals surface area contributed by atoms with Crippen LogP contribution in [0.15, 0.2) is 30.3 Å². The largest absolute Gasteiger partial charge is 0.376 e. The molecule has 1 aromatic rings. The van der Waals surface area contributed by atoms with E-state index in [1.54, 1.807) is 0 Å². The first kappa shape index (κ1) is 20.7. The fraction of sp³-hybridized carbons (Fsp3) is 0.720. The number of hydrogen-bond acceptors (Lipinski definition) is 2. The molecule has 29 heavy (non-hydrogen) atoms. The number of amides is 2. The van der Waals surface area contributed by atoms with Crippen molar-refractivity contribution >= 4 is 11.7 Å². The average Bonchev–Trinajstić information content (AvgIpc) is 3.06. The Morgan fingerprint density at radius 1 is 1.10 bits per heavy atom. The standard InChI is InChI=1S/C25H38N2O2/c1-24(2)19-14-15-25(24,3)22(18-19)29-17-16-27(21-12-8-5-9-13-21)23(28)26-20-10-6-4-7-11-20/h4,6-7,10-11,19,21-22H,5,8-9,12-18H2,1-3H3,(H,26,28)/t19-,22+,25+/m0/s1. The summed E-state index contributed by atoms with van der Waals surface area (Å²) in [6.07, 6.45) is 10.1. The number of rotatable bonds is 6. The number of benzene rings is 1. The lowest BCUT2D eigenvalue weighted by Crippen LogP contribution is -2.46. The summed E-state index contributed by atoms with van der Waals surface area (Å²) in [5.41, 5.74) is 1.51. The smallest absolute Gasteiger partial charge is 0.322 e. The number of ether oxygens (including phenoxy) is 1. The molecule has 0 aliphatic heterocycles. The van der Waals surface area contributed by atoms with Gasteiger partial charge in [-0.2, -0.15) is 0 Å². The number of nitrogens with zero attached hydrogens (tertiary/aromatic N) is 1. The highest BCUT2D eigenvalue weighted by Crippen LogP contribution is 2.66.